The normalized spacial score (nSPS) is 10.2. The molecule has 5 heteroatoms. The lowest BCUT2D eigenvalue weighted by Gasteiger charge is -2.10. The molecule has 0 radical (unpaired) electrons. The summed E-state index contributed by atoms with van der Waals surface area (Å²) in [7, 11) is 1.58. The molecule has 0 aliphatic heterocycles. The van der Waals surface area contributed by atoms with E-state index in [0.717, 1.165) is 11.3 Å². The topological polar surface area (TPSA) is 60.2 Å². The zero-order valence-electron chi connectivity index (χ0n) is 10.2. The number of pyridine rings is 1. The maximum Gasteiger partial charge on any atom is 0.153 e. The molecule has 0 bridgehead atoms. The van der Waals surface area contributed by atoms with Gasteiger partial charge in [0.1, 0.15) is 5.75 Å². The molecule has 1 aromatic carbocycles. The number of hydrogen-bond donors (Lipinski definition) is 2. The Bertz CT molecular complexity index is 572. The first kappa shape index (κ1) is 12.5. The highest BCUT2D eigenvalue weighted by molar-refractivity contribution is 6.32. The molecule has 0 aliphatic carbocycles. The van der Waals surface area contributed by atoms with Gasteiger partial charge in [0.25, 0.3) is 0 Å². The van der Waals surface area contributed by atoms with E-state index in [0.29, 0.717) is 22.3 Å². The molecule has 2 rings (SSSR count). The second-order valence-electron chi connectivity index (χ2n) is 3.92. The summed E-state index contributed by atoms with van der Waals surface area (Å²) in [6.45, 7) is 1.94. The molecule has 3 N–H and O–H groups in total. The molecule has 0 atom stereocenters. The molecule has 0 spiro atoms. The van der Waals surface area contributed by atoms with E-state index in [1.165, 1.54) is 0 Å². The molecular weight excluding hydrogens is 250 g/mol. The van der Waals surface area contributed by atoms with Crippen LogP contribution in [0.1, 0.15) is 5.56 Å². The number of ether oxygens (including phenoxy) is 1. The van der Waals surface area contributed by atoms with E-state index in [1.807, 2.05) is 19.1 Å². The summed E-state index contributed by atoms with van der Waals surface area (Å²) in [6, 6.07) is 7.27. The van der Waals surface area contributed by atoms with Gasteiger partial charge in [0.15, 0.2) is 5.82 Å². The summed E-state index contributed by atoms with van der Waals surface area (Å²) < 4.78 is 5.09. The SMILES string of the molecule is COc1ccc(Nc2ncc(C)cc2N)cc1Cl. The summed E-state index contributed by atoms with van der Waals surface area (Å²) in [5, 5.41) is 3.65. The Morgan fingerprint density at radius 3 is 2.72 bits per heavy atom. The van der Waals surface area contributed by atoms with Crippen LogP contribution in [-0.4, -0.2) is 12.1 Å². The van der Waals surface area contributed by atoms with Crippen molar-refractivity contribution in [1.29, 1.82) is 0 Å². The molecule has 94 valence electrons. The lowest BCUT2D eigenvalue weighted by atomic mass is 10.2. The number of methoxy groups -OCH3 is 1. The molecule has 0 unspecified atom stereocenters. The molecule has 4 nitrogen and oxygen atoms in total. The first-order chi connectivity index (χ1) is 8.60. The van der Waals surface area contributed by atoms with Gasteiger partial charge in [-0.3, -0.25) is 0 Å². The molecule has 0 aliphatic rings. The van der Waals surface area contributed by atoms with Crippen molar-refractivity contribution in [3.63, 3.8) is 0 Å². The number of nitrogen functional groups attached to an aromatic ring is 1. The van der Waals surface area contributed by atoms with Crippen molar-refractivity contribution >= 4 is 28.8 Å². The van der Waals surface area contributed by atoms with E-state index < -0.39 is 0 Å². The third-order valence-electron chi connectivity index (χ3n) is 2.47. The Hall–Kier alpha value is -1.94. The van der Waals surface area contributed by atoms with E-state index in [1.54, 1.807) is 25.4 Å². The fraction of sp³-hybridized carbons (Fsp3) is 0.154. The van der Waals surface area contributed by atoms with Crippen LogP contribution >= 0.6 is 11.6 Å². The van der Waals surface area contributed by atoms with Gasteiger partial charge in [0.05, 0.1) is 17.8 Å². The predicted octanol–water partition coefficient (Wildman–Crippen LogP) is 3.38. The Morgan fingerprint density at radius 2 is 2.11 bits per heavy atom. The van der Waals surface area contributed by atoms with Crippen molar-refractivity contribution in [3.8, 4) is 5.75 Å². The number of anilines is 3. The summed E-state index contributed by atoms with van der Waals surface area (Å²) in [5.74, 6) is 1.24. The highest BCUT2D eigenvalue weighted by atomic mass is 35.5. The van der Waals surface area contributed by atoms with Crippen LogP contribution in [0.3, 0.4) is 0 Å². The lowest BCUT2D eigenvalue weighted by Crippen LogP contribution is -1.99. The van der Waals surface area contributed by atoms with Crippen LogP contribution in [0.4, 0.5) is 17.2 Å². The molecule has 0 saturated heterocycles. The fourth-order valence-electron chi connectivity index (χ4n) is 1.58. The van der Waals surface area contributed by atoms with Crippen molar-refractivity contribution < 1.29 is 4.74 Å². The van der Waals surface area contributed by atoms with E-state index >= 15 is 0 Å². The van der Waals surface area contributed by atoms with Crippen LogP contribution in [0.5, 0.6) is 5.75 Å². The molecule has 0 amide bonds. The maximum atomic E-state index is 6.04. The van der Waals surface area contributed by atoms with Crippen molar-refractivity contribution in [2.24, 2.45) is 0 Å². The van der Waals surface area contributed by atoms with Gasteiger partial charge < -0.3 is 15.8 Å². The molecular formula is C13H14ClN3O. The molecule has 18 heavy (non-hydrogen) atoms. The van der Waals surface area contributed by atoms with E-state index in [9.17, 15) is 0 Å². The van der Waals surface area contributed by atoms with Crippen molar-refractivity contribution in [1.82, 2.24) is 4.98 Å². The summed E-state index contributed by atoms with van der Waals surface area (Å²) in [6.07, 6.45) is 1.75. The van der Waals surface area contributed by atoms with Crippen LogP contribution in [0.25, 0.3) is 0 Å². The Kier molecular flexibility index (Phi) is 3.58. The van der Waals surface area contributed by atoms with Gasteiger partial charge in [-0.2, -0.15) is 0 Å². The number of nitrogens with zero attached hydrogens (tertiary/aromatic N) is 1. The number of nitrogens with one attached hydrogen (secondary N) is 1. The average Bonchev–Trinajstić information content (AvgIpc) is 2.33. The lowest BCUT2D eigenvalue weighted by molar-refractivity contribution is 0.415. The second-order valence-corrected chi connectivity index (χ2v) is 4.33. The molecule has 0 fully saturated rings. The van der Waals surface area contributed by atoms with E-state index in [2.05, 4.69) is 10.3 Å². The Morgan fingerprint density at radius 1 is 1.33 bits per heavy atom. The molecule has 0 saturated carbocycles. The average molecular weight is 264 g/mol. The molecule has 1 aromatic heterocycles. The number of hydrogen-bond acceptors (Lipinski definition) is 4. The maximum absolute atomic E-state index is 6.04. The van der Waals surface area contributed by atoms with Gasteiger partial charge in [0, 0.05) is 11.9 Å². The number of nitrogens with two attached hydrogens (primary N) is 1. The van der Waals surface area contributed by atoms with Crippen LogP contribution in [0.15, 0.2) is 30.5 Å². The smallest absolute Gasteiger partial charge is 0.153 e. The third-order valence-corrected chi connectivity index (χ3v) is 2.76. The van der Waals surface area contributed by atoms with Gasteiger partial charge in [0.2, 0.25) is 0 Å². The molecule has 2 aromatic rings. The number of aryl methyl sites for hydroxylation is 1. The highest BCUT2D eigenvalue weighted by Gasteiger charge is 2.05. The largest absolute Gasteiger partial charge is 0.495 e. The number of aromatic nitrogens is 1. The van der Waals surface area contributed by atoms with Crippen molar-refractivity contribution in [3.05, 3.63) is 41.0 Å². The first-order valence-corrected chi connectivity index (χ1v) is 5.80. The quantitative estimate of drug-likeness (QED) is 0.891. The minimum absolute atomic E-state index is 0.535. The minimum atomic E-state index is 0.535. The highest BCUT2D eigenvalue weighted by Crippen LogP contribution is 2.29. The van der Waals surface area contributed by atoms with Gasteiger partial charge in [-0.15, -0.1) is 0 Å². The second kappa shape index (κ2) is 5.14. The van der Waals surface area contributed by atoms with Gasteiger partial charge in [-0.05, 0) is 36.8 Å². The van der Waals surface area contributed by atoms with E-state index in [4.69, 9.17) is 22.1 Å². The zero-order valence-corrected chi connectivity index (χ0v) is 11.0. The minimum Gasteiger partial charge on any atom is -0.495 e. The zero-order chi connectivity index (χ0) is 13.1. The number of rotatable bonds is 3. The van der Waals surface area contributed by atoms with Crippen molar-refractivity contribution in [2.45, 2.75) is 6.92 Å². The third kappa shape index (κ3) is 2.65. The summed E-state index contributed by atoms with van der Waals surface area (Å²) >= 11 is 6.04. The molecule has 1 heterocycles. The summed E-state index contributed by atoms with van der Waals surface area (Å²) in [5.41, 5.74) is 8.31. The van der Waals surface area contributed by atoms with Gasteiger partial charge >= 0.3 is 0 Å². The van der Waals surface area contributed by atoms with Crippen LogP contribution in [-0.2, 0) is 0 Å². The van der Waals surface area contributed by atoms with Crippen LogP contribution in [0.2, 0.25) is 5.02 Å². The van der Waals surface area contributed by atoms with Gasteiger partial charge in [-0.1, -0.05) is 11.6 Å². The standard InChI is InChI=1S/C13H14ClN3O/c1-8-5-11(15)13(16-7-8)17-9-3-4-12(18-2)10(14)6-9/h3-7H,15H2,1-2H3,(H,16,17). The fourth-order valence-corrected chi connectivity index (χ4v) is 1.83. The monoisotopic (exact) mass is 263 g/mol. The number of benzene rings is 1. The first-order valence-electron chi connectivity index (χ1n) is 5.43. The Labute approximate surface area is 111 Å². The summed E-state index contributed by atoms with van der Waals surface area (Å²) in [4.78, 5) is 4.23. The van der Waals surface area contributed by atoms with Crippen molar-refractivity contribution in [2.75, 3.05) is 18.2 Å². The van der Waals surface area contributed by atoms with E-state index in [-0.39, 0.29) is 0 Å². The Balaban J connectivity index is 2.26. The van der Waals surface area contributed by atoms with Gasteiger partial charge in [-0.25, -0.2) is 4.98 Å². The number of halogens is 1. The van der Waals surface area contributed by atoms with Crippen LogP contribution in [0, 0.1) is 6.92 Å². The van der Waals surface area contributed by atoms with Crippen LogP contribution < -0.4 is 15.8 Å². The predicted molar refractivity (Wildman–Crippen MR) is 74.7 cm³/mol.